The number of hydrogen-bond donors (Lipinski definition) is 1. The van der Waals surface area contributed by atoms with Crippen molar-refractivity contribution in [2.24, 2.45) is 4.99 Å². The van der Waals surface area contributed by atoms with Gasteiger partial charge in [-0.1, -0.05) is 0 Å². The predicted molar refractivity (Wildman–Crippen MR) is 30.0 cm³/mol. The Labute approximate surface area is 48.0 Å². The van der Waals surface area contributed by atoms with Gasteiger partial charge in [0.05, 0.1) is 0 Å². The maximum Gasteiger partial charge on any atom is 0.115 e. The van der Waals surface area contributed by atoms with Gasteiger partial charge in [-0.25, -0.2) is 0 Å². The lowest BCUT2D eigenvalue weighted by Gasteiger charge is -2.19. The van der Waals surface area contributed by atoms with Crippen molar-refractivity contribution in [1.29, 1.82) is 0 Å². The minimum atomic E-state index is 0.0382. The Morgan fingerprint density at radius 2 is 2.62 bits per heavy atom. The van der Waals surface area contributed by atoms with Gasteiger partial charge in [-0.2, -0.15) is 5.01 Å². The van der Waals surface area contributed by atoms with Crippen molar-refractivity contribution in [1.82, 2.24) is 10.0 Å². The van der Waals surface area contributed by atoms with Crippen LogP contribution >= 0.6 is 0 Å². The highest BCUT2D eigenvalue weighted by molar-refractivity contribution is 5.55. The summed E-state index contributed by atoms with van der Waals surface area (Å²) in [6, 6.07) is 0. The zero-order chi connectivity index (χ0) is 5.98. The predicted octanol–water partition coefficient (Wildman–Crippen LogP) is -0.916. The van der Waals surface area contributed by atoms with Gasteiger partial charge in [-0.05, 0) is 0 Å². The largest absolute Gasteiger partial charge is 0.379 e. The minimum Gasteiger partial charge on any atom is -0.379 e. The van der Waals surface area contributed by atoms with Crippen LogP contribution in [-0.2, 0) is 0 Å². The van der Waals surface area contributed by atoms with Crippen LogP contribution in [0.2, 0.25) is 0 Å². The molecule has 0 saturated heterocycles. The van der Waals surface area contributed by atoms with E-state index in [0.29, 0.717) is 6.67 Å². The van der Waals surface area contributed by atoms with E-state index in [1.165, 1.54) is 0 Å². The second-order valence-electron chi connectivity index (χ2n) is 1.66. The molecule has 0 unspecified atom stereocenters. The van der Waals surface area contributed by atoms with Crippen LogP contribution in [0.25, 0.3) is 0 Å². The molecule has 0 atom stereocenters. The van der Waals surface area contributed by atoms with Crippen molar-refractivity contribution in [2.45, 2.75) is 0 Å². The molecule has 0 radical (unpaired) electrons. The van der Waals surface area contributed by atoms with E-state index in [9.17, 15) is 0 Å². The Hall–Kier alpha value is -0.610. The summed E-state index contributed by atoms with van der Waals surface area (Å²) in [7, 11) is 1.84. The smallest absolute Gasteiger partial charge is 0.115 e. The molecule has 4 nitrogen and oxygen atoms in total. The van der Waals surface area contributed by atoms with E-state index >= 15 is 0 Å². The first-order valence-electron chi connectivity index (χ1n) is 2.43. The highest BCUT2D eigenvalue weighted by Crippen LogP contribution is 1.96. The molecule has 0 aromatic heterocycles. The molecular weight excluding hydrogens is 106 g/mol. The molecule has 0 spiro atoms. The second-order valence-corrected chi connectivity index (χ2v) is 1.66. The average molecular weight is 115 g/mol. The van der Waals surface area contributed by atoms with Crippen LogP contribution in [0.15, 0.2) is 4.99 Å². The van der Waals surface area contributed by atoms with Gasteiger partial charge in [0.1, 0.15) is 19.7 Å². The van der Waals surface area contributed by atoms with Gasteiger partial charge in [0.25, 0.3) is 0 Å². The molecule has 1 aliphatic rings. The summed E-state index contributed by atoms with van der Waals surface area (Å²) in [6.45, 7) is 0.615. The molecule has 0 aromatic carbocycles. The molecule has 1 N–H and O–H groups in total. The van der Waals surface area contributed by atoms with Gasteiger partial charge in [-0.15, -0.1) is 0 Å². The van der Waals surface area contributed by atoms with Crippen LogP contribution in [0, 0.1) is 0 Å². The highest BCUT2D eigenvalue weighted by Gasteiger charge is 2.09. The van der Waals surface area contributed by atoms with Crippen molar-refractivity contribution >= 4 is 6.34 Å². The Morgan fingerprint density at radius 1 is 1.88 bits per heavy atom. The van der Waals surface area contributed by atoms with Gasteiger partial charge in [0, 0.05) is 7.05 Å². The third-order valence-electron chi connectivity index (χ3n) is 1.10. The Bertz CT molecular complexity index is 103. The van der Waals surface area contributed by atoms with E-state index in [-0.39, 0.29) is 6.73 Å². The SMILES string of the molecule is CN1C=NCN1CO. The van der Waals surface area contributed by atoms with Crippen LogP contribution in [0.1, 0.15) is 0 Å². The van der Waals surface area contributed by atoms with Gasteiger partial charge in [-0.3, -0.25) is 10.0 Å². The molecule has 0 bridgehead atoms. The monoisotopic (exact) mass is 115 g/mol. The van der Waals surface area contributed by atoms with Gasteiger partial charge < -0.3 is 5.11 Å². The van der Waals surface area contributed by atoms with E-state index in [1.807, 2.05) is 7.05 Å². The average Bonchev–Trinajstić information content (AvgIpc) is 2.14. The summed E-state index contributed by atoms with van der Waals surface area (Å²) >= 11 is 0. The zero-order valence-corrected chi connectivity index (χ0v) is 4.78. The van der Waals surface area contributed by atoms with E-state index < -0.39 is 0 Å². The maximum absolute atomic E-state index is 8.54. The number of aliphatic imine (C=N–C) groups is 1. The van der Waals surface area contributed by atoms with Crippen LogP contribution < -0.4 is 0 Å². The van der Waals surface area contributed by atoms with Gasteiger partial charge in [0.2, 0.25) is 0 Å². The molecule has 0 amide bonds. The van der Waals surface area contributed by atoms with Crippen molar-refractivity contribution in [3.8, 4) is 0 Å². The van der Waals surface area contributed by atoms with E-state index in [2.05, 4.69) is 4.99 Å². The Balaban J connectivity index is 2.38. The Kier molecular flexibility index (Phi) is 1.45. The lowest BCUT2D eigenvalue weighted by Crippen LogP contribution is -2.34. The molecule has 1 heterocycles. The van der Waals surface area contributed by atoms with E-state index in [0.717, 1.165) is 0 Å². The molecule has 0 aromatic rings. The first-order chi connectivity index (χ1) is 3.84. The van der Waals surface area contributed by atoms with Crippen LogP contribution in [0.3, 0.4) is 0 Å². The molecule has 4 heteroatoms. The standard InChI is InChI=1S/C4H9N3O/c1-6-2-5-3-7(6)4-8/h2,8H,3-4H2,1H3. The summed E-state index contributed by atoms with van der Waals surface area (Å²) in [5.41, 5.74) is 0. The van der Waals surface area contributed by atoms with Crippen LogP contribution in [-0.4, -0.2) is 41.9 Å². The quantitative estimate of drug-likeness (QED) is 0.480. The van der Waals surface area contributed by atoms with Crippen molar-refractivity contribution in [3.63, 3.8) is 0 Å². The molecule has 0 saturated carbocycles. The third-order valence-corrected chi connectivity index (χ3v) is 1.10. The first kappa shape index (κ1) is 5.53. The highest BCUT2D eigenvalue weighted by atomic mass is 16.3. The second kappa shape index (κ2) is 2.11. The fraction of sp³-hybridized carbons (Fsp3) is 0.750. The maximum atomic E-state index is 8.54. The third kappa shape index (κ3) is 0.801. The zero-order valence-electron chi connectivity index (χ0n) is 4.78. The number of hydrazine groups is 1. The summed E-state index contributed by atoms with van der Waals surface area (Å²) in [6.07, 6.45) is 1.68. The van der Waals surface area contributed by atoms with E-state index in [1.54, 1.807) is 16.4 Å². The van der Waals surface area contributed by atoms with Crippen molar-refractivity contribution in [3.05, 3.63) is 0 Å². The number of rotatable bonds is 1. The van der Waals surface area contributed by atoms with Gasteiger partial charge >= 0.3 is 0 Å². The molecular formula is C4H9N3O. The minimum absolute atomic E-state index is 0.0382. The first-order valence-corrected chi connectivity index (χ1v) is 2.43. The molecule has 1 aliphatic heterocycles. The summed E-state index contributed by atoms with van der Waals surface area (Å²) in [4.78, 5) is 3.88. The Morgan fingerprint density at radius 3 is 2.88 bits per heavy atom. The number of aliphatic hydroxyl groups is 1. The van der Waals surface area contributed by atoms with Crippen molar-refractivity contribution < 1.29 is 5.11 Å². The molecule has 0 fully saturated rings. The topological polar surface area (TPSA) is 39.1 Å². The summed E-state index contributed by atoms with van der Waals surface area (Å²) in [5.74, 6) is 0. The number of nitrogens with zero attached hydrogens (tertiary/aromatic N) is 3. The van der Waals surface area contributed by atoms with Crippen LogP contribution in [0.4, 0.5) is 0 Å². The van der Waals surface area contributed by atoms with Gasteiger partial charge in [0.15, 0.2) is 0 Å². The fourth-order valence-electron chi connectivity index (χ4n) is 0.566. The number of hydrogen-bond acceptors (Lipinski definition) is 4. The molecule has 1 rings (SSSR count). The normalized spacial score (nSPS) is 20.5. The fourth-order valence-corrected chi connectivity index (χ4v) is 0.566. The van der Waals surface area contributed by atoms with Crippen molar-refractivity contribution in [2.75, 3.05) is 20.4 Å². The molecule has 0 aliphatic carbocycles. The lowest BCUT2D eigenvalue weighted by atomic mass is 10.9. The van der Waals surface area contributed by atoms with E-state index in [4.69, 9.17) is 5.11 Å². The molecule has 46 valence electrons. The lowest BCUT2D eigenvalue weighted by molar-refractivity contribution is 0.00422. The van der Waals surface area contributed by atoms with Crippen LogP contribution in [0.5, 0.6) is 0 Å². The summed E-state index contributed by atoms with van der Waals surface area (Å²) in [5, 5.41) is 12.0. The summed E-state index contributed by atoms with van der Waals surface area (Å²) < 4.78 is 0. The molecule has 8 heavy (non-hydrogen) atoms. The number of aliphatic hydroxyl groups excluding tert-OH is 1.